The molecule has 1 aromatic heterocycles. The minimum atomic E-state index is -4.34. The first-order valence-electron chi connectivity index (χ1n) is 11.7. The number of halogens is 1. The van der Waals surface area contributed by atoms with Crippen molar-refractivity contribution in [1.29, 1.82) is 0 Å². The van der Waals surface area contributed by atoms with Crippen molar-refractivity contribution < 1.29 is 32.3 Å². The first-order chi connectivity index (χ1) is 17.4. The highest BCUT2D eigenvalue weighted by molar-refractivity contribution is 7.80. The fourth-order valence-corrected chi connectivity index (χ4v) is 4.77. The van der Waals surface area contributed by atoms with Crippen LogP contribution in [-0.4, -0.2) is 45.9 Å². The third kappa shape index (κ3) is 10.1. The van der Waals surface area contributed by atoms with Crippen molar-refractivity contribution in [3.05, 3.63) is 53.1 Å². The monoisotopic (exact) mass is 560 g/mol. The summed E-state index contributed by atoms with van der Waals surface area (Å²) in [7, 11) is -4.34. The molecule has 3 N–H and O–H groups in total. The molecule has 206 valence electrons. The molecule has 0 saturated carbocycles. The first-order valence-corrected chi connectivity index (χ1v) is 13.8. The Balaban J connectivity index is 2.26. The Labute approximate surface area is 220 Å². The van der Waals surface area contributed by atoms with E-state index in [9.17, 15) is 14.2 Å². The number of nitrogens with zero attached hydrogens (tertiary/aromatic N) is 2. The van der Waals surface area contributed by atoms with Gasteiger partial charge >= 0.3 is 19.4 Å². The van der Waals surface area contributed by atoms with Gasteiger partial charge in [-0.15, -0.1) is 0 Å². The summed E-state index contributed by atoms with van der Waals surface area (Å²) in [5.41, 5.74) is 4.78. The van der Waals surface area contributed by atoms with E-state index >= 15 is 4.39 Å². The number of carbonyl (C=O) groups excluding carboxylic acids is 1. The molecule has 0 aliphatic carbocycles. The van der Waals surface area contributed by atoms with Gasteiger partial charge in [0.15, 0.2) is 0 Å². The maximum Gasteiger partial charge on any atom is 0.459 e. The number of esters is 1. The molecule has 1 heterocycles. The van der Waals surface area contributed by atoms with Crippen molar-refractivity contribution in [2.45, 2.75) is 64.8 Å². The minimum absolute atomic E-state index is 0.00792. The Morgan fingerprint density at radius 2 is 1.92 bits per heavy atom. The molecule has 14 heteroatoms. The van der Waals surface area contributed by atoms with Crippen molar-refractivity contribution in [1.82, 2.24) is 14.6 Å². The summed E-state index contributed by atoms with van der Waals surface area (Å²) in [5.74, 6) is -2.70. The van der Waals surface area contributed by atoms with Gasteiger partial charge in [0.2, 0.25) is 5.85 Å². The highest BCUT2D eigenvalue weighted by Crippen LogP contribution is 2.46. The van der Waals surface area contributed by atoms with Crippen LogP contribution in [0.3, 0.4) is 0 Å². The van der Waals surface area contributed by atoms with Gasteiger partial charge in [0, 0.05) is 12.6 Å². The van der Waals surface area contributed by atoms with Crippen LogP contribution in [0.15, 0.2) is 47.4 Å². The van der Waals surface area contributed by atoms with Gasteiger partial charge in [0.25, 0.3) is 0 Å². The molecule has 0 aliphatic rings. The number of nitrogens with one attached hydrogen (secondary N) is 1. The summed E-state index contributed by atoms with van der Waals surface area (Å²) in [6.45, 7) is 5.33. The van der Waals surface area contributed by atoms with Gasteiger partial charge in [-0.1, -0.05) is 18.2 Å². The van der Waals surface area contributed by atoms with E-state index in [4.69, 9.17) is 24.3 Å². The average molecular weight is 561 g/mol. The van der Waals surface area contributed by atoms with Crippen LogP contribution in [0, 0.1) is 0 Å². The lowest BCUT2D eigenvalue weighted by molar-refractivity contribution is -0.216. The molecule has 37 heavy (non-hydrogen) atoms. The fraction of sp³-hybridized carbons (Fsp3) is 0.522. The van der Waals surface area contributed by atoms with E-state index in [1.54, 1.807) is 32.0 Å². The van der Waals surface area contributed by atoms with Gasteiger partial charge in [0.05, 0.1) is 6.10 Å². The molecule has 0 aliphatic heterocycles. The molecular formula is C23H34FN4O7PS. The fourth-order valence-electron chi connectivity index (χ4n) is 3.09. The van der Waals surface area contributed by atoms with Gasteiger partial charge in [-0.25, -0.2) is 13.8 Å². The number of rotatable bonds is 15. The molecule has 0 radical (unpaired) electrons. The standard InChI is InChI=1S/C23H34FN4O7PS/c1-16(2)33-21(29)17(3)27-36(31,35-19-9-6-5-7-10-19)32-15-23(24,12-8-14-37)34-18(4)28-13-11-20(25)26-22(28)30/h5-7,9-11,13,16-18,37H,8,12,14-15H2,1-4H3,(H,27,31)(H2,25,26,30)/t17?,18?,23-,36?/m0/s1. The van der Waals surface area contributed by atoms with E-state index in [0.29, 0.717) is 5.75 Å². The predicted molar refractivity (Wildman–Crippen MR) is 140 cm³/mol. The van der Waals surface area contributed by atoms with Crippen LogP contribution >= 0.6 is 20.4 Å². The second-order valence-corrected chi connectivity index (χ2v) is 10.6. The lowest BCUT2D eigenvalue weighted by atomic mass is 10.2. The lowest BCUT2D eigenvalue weighted by Crippen LogP contribution is -2.40. The van der Waals surface area contributed by atoms with Gasteiger partial charge in [-0.2, -0.15) is 22.7 Å². The number of anilines is 1. The van der Waals surface area contributed by atoms with Crippen LogP contribution in [0.2, 0.25) is 0 Å². The number of thiol groups is 1. The van der Waals surface area contributed by atoms with Crippen LogP contribution in [0.25, 0.3) is 0 Å². The third-order valence-corrected chi connectivity index (χ3v) is 6.75. The zero-order chi connectivity index (χ0) is 27.6. The van der Waals surface area contributed by atoms with Crippen molar-refractivity contribution >= 4 is 32.2 Å². The quantitative estimate of drug-likeness (QED) is 0.167. The van der Waals surface area contributed by atoms with E-state index < -0.39 is 50.2 Å². The van der Waals surface area contributed by atoms with Gasteiger partial charge in [-0.3, -0.25) is 13.9 Å². The predicted octanol–water partition coefficient (Wildman–Crippen LogP) is 3.87. The second-order valence-electron chi connectivity index (χ2n) is 8.48. The van der Waals surface area contributed by atoms with E-state index in [0.717, 1.165) is 4.57 Å². The van der Waals surface area contributed by atoms with Crippen molar-refractivity contribution in [3.8, 4) is 5.75 Å². The number of aromatic nitrogens is 2. The molecule has 1 aromatic carbocycles. The van der Waals surface area contributed by atoms with Crippen molar-refractivity contribution in [2.75, 3.05) is 18.1 Å². The van der Waals surface area contributed by atoms with Gasteiger partial charge < -0.3 is 19.7 Å². The zero-order valence-electron chi connectivity index (χ0n) is 21.2. The number of nitrogens with two attached hydrogens (primary N) is 1. The highest BCUT2D eigenvalue weighted by Gasteiger charge is 2.40. The Kier molecular flexibility index (Phi) is 11.6. The minimum Gasteiger partial charge on any atom is -0.462 e. The molecule has 2 aromatic rings. The summed E-state index contributed by atoms with van der Waals surface area (Å²) in [5, 5.41) is 2.50. The molecule has 0 amide bonds. The Morgan fingerprint density at radius 3 is 2.51 bits per heavy atom. The largest absolute Gasteiger partial charge is 0.462 e. The molecule has 2 rings (SSSR count). The van der Waals surface area contributed by atoms with E-state index in [1.165, 1.54) is 38.2 Å². The first kappa shape index (κ1) is 30.8. The van der Waals surface area contributed by atoms with E-state index in [2.05, 4.69) is 22.7 Å². The molecule has 0 saturated heterocycles. The summed E-state index contributed by atoms with van der Waals surface area (Å²) in [6.07, 6.45) is -0.125. The smallest absolute Gasteiger partial charge is 0.459 e. The SMILES string of the molecule is CC(C)OC(=O)C(C)NP(=O)(OC[C@](F)(CCCS)OC(C)n1ccc(N)nc1=O)Oc1ccccc1. The van der Waals surface area contributed by atoms with Gasteiger partial charge in [-0.05, 0) is 58.1 Å². The van der Waals surface area contributed by atoms with Gasteiger partial charge in [0.1, 0.15) is 30.4 Å². The van der Waals surface area contributed by atoms with E-state index in [-0.39, 0.29) is 24.4 Å². The molecule has 4 atom stereocenters. The van der Waals surface area contributed by atoms with E-state index in [1.807, 2.05) is 0 Å². The van der Waals surface area contributed by atoms with Crippen LogP contribution < -0.4 is 21.0 Å². The van der Waals surface area contributed by atoms with Crippen molar-refractivity contribution in [3.63, 3.8) is 0 Å². The summed E-state index contributed by atoms with van der Waals surface area (Å²) in [6, 6.07) is 8.32. The second kappa shape index (κ2) is 13.9. The normalized spacial score (nSPS) is 16.4. The highest BCUT2D eigenvalue weighted by atomic mass is 32.1. The number of benzene rings is 1. The number of hydrogen-bond donors (Lipinski definition) is 3. The topological polar surface area (TPSA) is 144 Å². The number of ether oxygens (including phenoxy) is 2. The van der Waals surface area contributed by atoms with Crippen LogP contribution in [0.5, 0.6) is 5.75 Å². The molecule has 11 nitrogen and oxygen atoms in total. The van der Waals surface area contributed by atoms with Crippen LogP contribution in [0.1, 0.15) is 46.8 Å². The average Bonchev–Trinajstić information content (AvgIpc) is 2.81. The number of carbonyl (C=O) groups is 1. The zero-order valence-corrected chi connectivity index (χ0v) is 23.0. The number of nitrogen functional groups attached to an aromatic ring is 1. The lowest BCUT2D eigenvalue weighted by Gasteiger charge is -2.31. The summed E-state index contributed by atoms with van der Waals surface area (Å²) < 4.78 is 52.5. The summed E-state index contributed by atoms with van der Waals surface area (Å²) in [4.78, 5) is 28.1. The molecule has 3 unspecified atom stereocenters. The Bertz CT molecular complexity index is 1120. The molecular weight excluding hydrogens is 526 g/mol. The maximum atomic E-state index is 16.0. The Morgan fingerprint density at radius 1 is 1.24 bits per heavy atom. The molecule has 0 fully saturated rings. The molecule has 0 spiro atoms. The number of alkyl halides is 1. The van der Waals surface area contributed by atoms with Crippen LogP contribution in [-0.2, 0) is 23.4 Å². The maximum absolute atomic E-state index is 16.0. The number of para-hydroxylation sites is 1. The summed E-state index contributed by atoms with van der Waals surface area (Å²) >= 11 is 4.12. The Hall–Kier alpha value is -2.44. The third-order valence-electron chi connectivity index (χ3n) is 4.81. The number of hydrogen-bond acceptors (Lipinski definition) is 10. The van der Waals surface area contributed by atoms with Crippen LogP contribution in [0.4, 0.5) is 10.2 Å². The van der Waals surface area contributed by atoms with Crippen molar-refractivity contribution in [2.24, 2.45) is 0 Å². The molecule has 0 bridgehead atoms.